The minimum atomic E-state index is 1.03. The van der Waals surface area contributed by atoms with Crippen LogP contribution in [0.3, 0.4) is 0 Å². The van der Waals surface area contributed by atoms with Crippen LogP contribution in [0.15, 0.2) is 0 Å². The van der Waals surface area contributed by atoms with E-state index in [2.05, 4.69) is 6.92 Å². The quantitative estimate of drug-likeness (QED) is 0.508. The third kappa shape index (κ3) is 2.88. The Morgan fingerprint density at radius 2 is 1.29 bits per heavy atom. The van der Waals surface area contributed by atoms with E-state index in [1.165, 1.54) is 12.8 Å². The van der Waals surface area contributed by atoms with Crippen LogP contribution >= 0.6 is 0 Å². The van der Waals surface area contributed by atoms with Crippen LogP contribution in [0.25, 0.3) is 0 Å². The zero-order valence-electron chi connectivity index (χ0n) is 12.3. The molecule has 0 radical (unpaired) electrons. The first-order valence-corrected chi connectivity index (χ1v) is 8.34. The van der Waals surface area contributed by atoms with Gasteiger partial charge >= 0.3 is 0 Å². The first kappa shape index (κ1) is 13.4. The molecule has 0 nitrogen and oxygen atoms in total. The Balaban J connectivity index is 0.000000514. The smallest absolute Gasteiger partial charge is 0.0355 e. The standard InChI is InChI=1S/C15H26.C2H6/c1-11-6-9-15-13(10-11)8-7-12-4-2-3-5-14(12)15;1-2/h11-15H,2-10H2,1H3;1-2H3. The van der Waals surface area contributed by atoms with Crippen LogP contribution < -0.4 is 0 Å². The third-order valence-electron chi connectivity index (χ3n) is 5.73. The average Bonchev–Trinajstić information content (AvgIpc) is 2.40. The van der Waals surface area contributed by atoms with E-state index < -0.39 is 0 Å². The van der Waals surface area contributed by atoms with E-state index >= 15 is 0 Å². The molecule has 0 aliphatic heterocycles. The fourth-order valence-corrected chi connectivity index (χ4v) is 5.00. The molecule has 0 aromatic heterocycles. The number of rotatable bonds is 0. The number of fused-ring (bicyclic) bond motifs is 3. The fraction of sp³-hybridized carbons (Fsp3) is 1.00. The molecule has 5 atom stereocenters. The lowest BCUT2D eigenvalue weighted by Crippen LogP contribution is -2.39. The van der Waals surface area contributed by atoms with Crippen molar-refractivity contribution in [1.82, 2.24) is 0 Å². The summed E-state index contributed by atoms with van der Waals surface area (Å²) in [5.41, 5.74) is 0. The Labute approximate surface area is 109 Å². The normalized spacial score (nSPS) is 45.0. The van der Waals surface area contributed by atoms with Crippen LogP contribution in [0.1, 0.15) is 78.6 Å². The van der Waals surface area contributed by atoms with Crippen molar-refractivity contribution in [2.75, 3.05) is 0 Å². The van der Waals surface area contributed by atoms with Crippen LogP contribution in [0.4, 0.5) is 0 Å². The maximum absolute atomic E-state index is 2.48. The van der Waals surface area contributed by atoms with E-state index in [0.29, 0.717) is 0 Å². The van der Waals surface area contributed by atoms with Crippen molar-refractivity contribution in [2.45, 2.75) is 78.6 Å². The highest BCUT2D eigenvalue weighted by Crippen LogP contribution is 2.52. The second kappa shape index (κ2) is 6.25. The minimum Gasteiger partial charge on any atom is -0.0683 e. The predicted molar refractivity (Wildman–Crippen MR) is 76.0 cm³/mol. The first-order chi connectivity index (χ1) is 8.34. The van der Waals surface area contributed by atoms with Gasteiger partial charge in [-0.3, -0.25) is 0 Å². The average molecular weight is 236 g/mol. The molecule has 17 heavy (non-hydrogen) atoms. The van der Waals surface area contributed by atoms with Crippen LogP contribution in [0.5, 0.6) is 0 Å². The van der Waals surface area contributed by atoms with Crippen molar-refractivity contribution in [3.8, 4) is 0 Å². The second-order valence-electron chi connectivity index (χ2n) is 6.63. The van der Waals surface area contributed by atoms with Gasteiger partial charge in [-0.05, 0) is 61.7 Å². The second-order valence-corrected chi connectivity index (χ2v) is 6.63. The molecule has 3 aliphatic rings. The van der Waals surface area contributed by atoms with Gasteiger partial charge in [-0.1, -0.05) is 46.5 Å². The zero-order valence-corrected chi connectivity index (χ0v) is 12.3. The molecule has 0 heterocycles. The molecule has 0 aromatic rings. The van der Waals surface area contributed by atoms with Gasteiger partial charge in [0.05, 0.1) is 0 Å². The summed E-state index contributed by atoms with van der Waals surface area (Å²) >= 11 is 0. The molecular formula is C17H32. The molecule has 0 saturated heterocycles. The van der Waals surface area contributed by atoms with E-state index in [-0.39, 0.29) is 0 Å². The predicted octanol–water partition coefficient (Wildman–Crippen LogP) is 5.67. The zero-order chi connectivity index (χ0) is 12.3. The Morgan fingerprint density at radius 3 is 2.12 bits per heavy atom. The molecule has 3 saturated carbocycles. The first-order valence-electron chi connectivity index (χ1n) is 8.34. The van der Waals surface area contributed by atoms with E-state index in [9.17, 15) is 0 Å². The SMILES string of the molecule is CC.CC1CCC2C(CCC3CCCCC32)C1. The highest BCUT2D eigenvalue weighted by molar-refractivity contribution is 4.92. The summed E-state index contributed by atoms with van der Waals surface area (Å²) in [6.45, 7) is 6.48. The molecule has 0 bridgehead atoms. The molecular weight excluding hydrogens is 204 g/mol. The Kier molecular flexibility index (Phi) is 4.94. The summed E-state index contributed by atoms with van der Waals surface area (Å²) in [5.74, 6) is 5.62. The molecule has 0 aromatic carbocycles. The van der Waals surface area contributed by atoms with Crippen molar-refractivity contribution in [3.63, 3.8) is 0 Å². The largest absolute Gasteiger partial charge is 0.0683 e. The topological polar surface area (TPSA) is 0 Å². The third-order valence-corrected chi connectivity index (χ3v) is 5.73. The van der Waals surface area contributed by atoms with E-state index in [1.54, 1.807) is 44.9 Å². The monoisotopic (exact) mass is 236 g/mol. The van der Waals surface area contributed by atoms with E-state index in [0.717, 1.165) is 29.6 Å². The lowest BCUT2D eigenvalue weighted by atomic mass is 9.57. The lowest BCUT2D eigenvalue weighted by Gasteiger charge is -2.49. The van der Waals surface area contributed by atoms with Gasteiger partial charge in [-0.25, -0.2) is 0 Å². The van der Waals surface area contributed by atoms with Crippen molar-refractivity contribution < 1.29 is 0 Å². The van der Waals surface area contributed by atoms with Crippen molar-refractivity contribution in [3.05, 3.63) is 0 Å². The summed E-state index contributed by atoms with van der Waals surface area (Å²) < 4.78 is 0. The Bertz CT molecular complexity index is 220. The van der Waals surface area contributed by atoms with Gasteiger partial charge in [0.2, 0.25) is 0 Å². The van der Waals surface area contributed by atoms with Gasteiger partial charge in [-0.15, -0.1) is 0 Å². The van der Waals surface area contributed by atoms with Crippen LogP contribution in [-0.2, 0) is 0 Å². The van der Waals surface area contributed by atoms with Gasteiger partial charge in [-0.2, -0.15) is 0 Å². The lowest BCUT2D eigenvalue weighted by molar-refractivity contribution is 0.0144. The van der Waals surface area contributed by atoms with Crippen molar-refractivity contribution in [2.24, 2.45) is 29.6 Å². The molecule has 3 rings (SSSR count). The molecule has 0 heteroatoms. The molecule has 3 aliphatic carbocycles. The van der Waals surface area contributed by atoms with E-state index in [1.807, 2.05) is 13.8 Å². The maximum atomic E-state index is 2.48. The number of hydrogen-bond donors (Lipinski definition) is 0. The molecule has 3 fully saturated rings. The molecule has 0 amide bonds. The van der Waals surface area contributed by atoms with Crippen molar-refractivity contribution in [1.29, 1.82) is 0 Å². The van der Waals surface area contributed by atoms with Crippen molar-refractivity contribution >= 4 is 0 Å². The molecule has 100 valence electrons. The van der Waals surface area contributed by atoms with Crippen LogP contribution in [0.2, 0.25) is 0 Å². The molecule has 0 N–H and O–H groups in total. The summed E-state index contributed by atoms with van der Waals surface area (Å²) in [6.07, 6.45) is 14.1. The highest BCUT2D eigenvalue weighted by atomic mass is 14.5. The van der Waals surface area contributed by atoms with Crippen LogP contribution in [-0.4, -0.2) is 0 Å². The summed E-state index contributed by atoms with van der Waals surface area (Å²) in [4.78, 5) is 0. The molecule has 5 unspecified atom stereocenters. The fourth-order valence-electron chi connectivity index (χ4n) is 5.00. The van der Waals surface area contributed by atoms with Gasteiger partial charge in [0, 0.05) is 0 Å². The van der Waals surface area contributed by atoms with Gasteiger partial charge < -0.3 is 0 Å². The summed E-state index contributed by atoms with van der Waals surface area (Å²) in [5, 5.41) is 0. The summed E-state index contributed by atoms with van der Waals surface area (Å²) in [6, 6.07) is 0. The Morgan fingerprint density at radius 1 is 0.647 bits per heavy atom. The minimum absolute atomic E-state index is 1.03. The van der Waals surface area contributed by atoms with Gasteiger partial charge in [0.15, 0.2) is 0 Å². The van der Waals surface area contributed by atoms with Gasteiger partial charge in [0.25, 0.3) is 0 Å². The maximum Gasteiger partial charge on any atom is -0.0355 e. The molecule has 0 spiro atoms. The summed E-state index contributed by atoms with van der Waals surface area (Å²) in [7, 11) is 0. The Hall–Kier alpha value is 0. The number of hydrogen-bond acceptors (Lipinski definition) is 0. The highest BCUT2D eigenvalue weighted by Gasteiger charge is 2.41. The van der Waals surface area contributed by atoms with E-state index in [4.69, 9.17) is 0 Å². The van der Waals surface area contributed by atoms with Crippen LogP contribution in [0, 0.1) is 29.6 Å². The van der Waals surface area contributed by atoms with Gasteiger partial charge in [0.1, 0.15) is 0 Å².